The molecule has 0 aliphatic carbocycles. The smallest absolute Gasteiger partial charge is 0.0370 e. The Morgan fingerprint density at radius 1 is 1.26 bits per heavy atom. The Bertz CT molecular complexity index is 433. The highest BCUT2D eigenvalue weighted by Gasteiger charge is 2.33. The van der Waals surface area contributed by atoms with Crippen LogP contribution in [0, 0.1) is 0 Å². The first kappa shape index (κ1) is 13.5. The predicted octanol–water partition coefficient (Wildman–Crippen LogP) is 3.43. The van der Waals surface area contributed by atoms with Gasteiger partial charge >= 0.3 is 0 Å². The third kappa shape index (κ3) is 2.69. The first-order valence-corrected chi connectivity index (χ1v) is 8.49. The molecule has 3 rings (SSSR count). The SMILES string of the molecule is CC(N)C1CCCCN1C1CCSc2ccccc21. The summed E-state index contributed by atoms with van der Waals surface area (Å²) in [4.78, 5) is 4.18. The van der Waals surface area contributed by atoms with Crippen molar-refractivity contribution in [3.05, 3.63) is 29.8 Å². The molecule has 2 aliphatic rings. The van der Waals surface area contributed by atoms with E-state index in [1.807, 2.05) is 11.8 Å². The van der Waals surface area contributed by atoms with E-state index in [0.717, 1.165) is 0 Å². The Balaban J connectivity index is 1.89. The number of nitrogens with two attached hydrogens (primary N) is 1. The first-order chi connectivity index (χ1) is 9.27. The van der Waals surface area contributed by atoms with E-state index >= 15 is 0 Å². The molecular weight excluding hydrogens is 252 g/mol. The van der Waals surface area contributed by atoms with Crippen LogP contribution in [0.3, 0.4) is 0 Å². The van der Waals surface area contributed by atoms with Gasteiger partial charge in [0.1, 0.15) is 0 Å². The normalized spacial score (nSPS) is 29.8. The maximum absolute atomic E-state index is 6.24. The largest absolute Gasteiger partial charge is 0.327 e. The van der Waals surface area contributed by atoms with Crippen molar-refractivity contribution in [2.45, 2.75) is 55.6 Å². The van der Waals surface area contributed by atoms with E-state index in [4.69, 9.17) is 5.73 Å². The summed E-state index contributed by atoms with van der Waals surface area (Å²) >= 11 is 2.01. The zero-order valence-electron chi connectivity index (χ0n) is 11.7. The summed E-state index contributed by atoms with van der Waals surface area (Å²) in [5.74, 6) is 1.24. The second-order valence-corrected chi connectivity index (χ2v) is 6.99. The lowest BCUT2D eigenvalue weighted by molar-refractivity contribution is 0.0769. The molecule has 19 heavy (non-hydrogen) atoms. The van der Waals surface area contributed by atoms with Gasteiger partial charge in [0.05, 0.1) is 0 Å². The van der Waals surface area contributed by atoms with E-state index in [1.165, 1.54) is 48.4 Å². The fourth-order valence-electron chi connectivity index (χ4n) is 3.60. The quantitative estimate of drug-likeness (QED) is 0.897. The van der Waals surface area contributed by atoms with Crippen LogP contribution in [0.25, 0.3) is 0 Å². The summed E-state index contributed by atoms with van der Waals surface area (Å²) in [6.45, 7) is 3.39. The number of hydrogen-bond donors (Lipinski definition) is 1. The maximum atomic E-state index is 6.24. The van der Waals surface area contributed by atoms with Crippen LogP contribution in [-0.2, 0) is 0 Å². The average molecular weight is 276 g/mol. The van der Waals surface area contributed by atoms with Crippen LogP contribution in [-0.4, -0.2) is 29.3 Å². The van der Waals surface area contributed by atoms with Crippen molar-refractivity contribution in [3.8, 4) is 0 Å². The molecule has 0 spiro atoms. The molecule has 0 radical (unpaired) electrons. The van der Waals surface area contributed by atoms with Crippen molar-refractivity contribution < 1.29 is 0 Å². The molecule has 0 saturated carbocycles. The van der Waals surface area contributed by atoms with Crippen molar-refractivity contribution >= 4 is 11.8 Å². The second kappa shape index (κ2) is 5.86. The van der Waals surface area contributed by atoms with E-state index in [2.05, 4.69) is 36.1 Å². The molecule has 1 aromatic carbocycles. The molecule has 1 saturated heterocycles. The van der Waals surface area contributed by atoms with Crippen LogP contribution in [0.4, 0.5) is 0 Å². The minimum absolute atomic E-state index is 0.280. The van der Waals surface area contributed by atoms with Gasteiger partial charge in [0, 0.05) is 23.0 Å². The predicted molar refractivity (Wildman–Crippen MR) is 82.5 cm³/mol. The van der Waals surface area contributed by atoms with E-state index in [1.54, 1.807) is 0 Å². The highest BCUT2D eigenvalue weighted by molar-refractivity contribution is 7.99. The van der Waals surface area contributed by atoms with Gasteiger partial charge in [-0.05, 0) is 50.1 Å². The van der Waals surface area contributed by atoms with Gasteiger partial charge in [-0.2, -0.15) is 0 Å². The van der Waals surface area contributed by atoms with Gasteiger partial charge in [-0.15, -0.1) is 11.8 Å². The average Bonchev–Trinajstić information content (AvgIpc) is 2.46. The molecule has 1 fully saturated rings. The third-order valence-electron chi connectivity index (χ3n) is 4.53. The van der Waals surface area contributed by atoms with Gasteiger partial charge in [0.2, 0.25) is 0 Å². The zero-order chi connectivity index (χ0) is 13.2. The van der Waals surface area contributed by atoms with Crippen LogP contribution >= 0.6 is 11.8 Å². The van der Waals surface area contributed by atoms with E-state index in [0.29, 0.717) is 12.1 Å². The van der Waals surface area contributed by atoms with Gasteiger partial charge in [-0.3, -0.25) is 4.90 Å². The fraction of sp³-hybridized carbons (Fsp3) is 0.625. The molecule has 0 aromatic heterocycles. The van der Waals surface area contributed by atoms with Gasteiger partial charge in [-0.1, -0.05) is 24.6 Å². The summed E-state index contributed by atoms with van der Waals surface area (Å²) < 4.78 is 0. The van der Waals surface area contributed by atoms with Crippen LogP contribution in [0.5, 0.6) is 0 Å². The van der Waals surface area contributed by atoms with Crippen LogP contribution in [0.15, 0.2) is 29.2 Å². The molecule has 2 N–H and O–H groups in total. The summed E-state index contributed by atoms with van der Waals surface area (Å²) in [5, 5.41) is 0. The van der Waals surface area contributed by atoms with Gasteiger partial charge in [0.25, 0.3) is 0 Å². The molecule has 104 valence electrons. The molecule has 2 nitrogen and oxygen atoms in total. The molecular formula is C16H24N2S. The number of nitrogens with zero attached hydrogens (tertiary/aromatic N) is 1. The number of fused-ring (bicyclic) bond motifs is 1. The van der Waals surface area contributed by atoms with E-state index in [9.17, 15) is 0 Å². The van der Waals surface area contributed by atoms with Crippen molar-refractivity contribution in [1.82, 2.24) is 4.90 Å². The minimum atomic E-state index is 0.280. The van der Waals surface area contributed by atoms with Gasteiger partial charge < -0.3 is 5.73 Å². The number of thioether (sulfide) groups is 1. The fourth-order valence-corrected chi connectivity index (χ4v) is 4.71. The van der Waals surface area contributed by atoms with Crippen LogP contribution in [0.1, 0.15) is 44.2 Å². The third-order valence-corrected chi connectivity index (χ3v) is 5.65. The molecule has 1 aromatic rings. The molecule has 0 bridgehead atoms. The zero-order valence-corrected chi connectivity index (χ0v) is 12.5. The first-order valence-electron chi connectivity index (χ1n) is 7.50. The minimum Gasteiger partial charge on any atom is -0.327 e. The Labute approximate surface area is 120 Å². The summed E-state index contributed by atoms with van der Waals surface area (Å²) in [6, 6.07) is 10.4. The van der Waals surface area contributed by atoms with Crippen LogP contribution in [0.2, 0.25) is 0 Å². The Hall–Kier alpha value is -0.510. The Morgan fingerprint density at radius 3 is 2.95 bits per heavy atom. The molecule has 2 heterocycles. The lowest BCUT2D eigenvalue weighted by Gasteiger charge is -2.45. The highest BCUT2D eigenvalue weighted by Crippen LogP contribution is 2.41. The molecule has 0 amide bonds. The Kier molecular flexibility index (Phi) is 4.15. The topological polar surface area (TPSA) is 29.3 Å². The molecule has 3 heteroatoms. The number of benzene rings is 1. The van der Waals surface area contributed by atoms with Crippen molar-refractivity contribution in [2.75, 3.05) is 12.3 Å². The highest BCUT2D eigenvalue weighted by atomic mass is 32.2. The lowest BCUT2D eigenvalue weighted by atomic mass is 9.91. The number of piperidine rings is 1. The molecule has 2 aliphatic heterocycles. The van der Waals surface area contributed by atoms with Gasteiger partial charge in [-0.25, -0.2) is 0 Å². The number of likely N-dealkylation sites (tertiary alicyclic amines) is 1. The van der Waals surface area contributed by atoms with E-state index < -0.39 is 0 Å². The number of hydrogen-bond acceptors (Lipinski definition) is 3. The summed E-state index contributed by atoms with van der Waals surface area (Å²) in [5.41, 5.74) is 7.77. The van der Waals surface area contributed by atoms with Crippen molar-refractivity contribution in [2.24, 2.45) is 5.73 Å². The van der Waals surface area contributed by atoms with E-state index in [-0.39, 0.29) is 6.04 Å². The standard InChI is InChI=1S/C16H24N2S/c1-12(17)14-7-4-5-10-18(14)15-9-11-19-16-8-3-2-6-13(15)16/h2-3,6,8,12,14-15H,4-5,7,9-11,17H2,1H3. The summed E-state index contributed by atoms with van der Waals surface area (Å²) in [7, 11) is 0. The second-order valence-electron chi connectivity index (χ2n) is 5.85. The lowest BCUT2D eigenvalue weighted by Crippen LogP contribution is -2.50. The Morgan fingerprint density at radius 2 is 2.11 bits per heavy atom. The monoisotopic (exact) mass is 276 g/mol. The molecule has 3 unspecified atom stereocenters. The van der Waals surface area contributed by atoms with Crippen molar-refractivity contribution in [3.63, 3.8) is 0 Å². The van der Waals surface area contributed by atoms with Crippen LogP contribution < -0.4 is 5.73 Å². The summed E-state index contributed by atoms with van der Waals surface area (Å²) in [6.07, 6.45) is 5.20. The van der Waals surface area contributed by atoms with Crippen molar-refractivity contribution in [1.29, 1.82) is 0 Å². The maximum Gasteiger partial charge on any atom is 0.0370 e. The number of rotatable bonds is 2. The molecule has 3 atom stereocenters. The van der Waals surface area contributed by atoms with Gasteiger partial charge in [0.15, 0.2) is 0 Å².